The molecule has 5 rings (SSSR count). The van der Waals surface area contributed by atoms with Gasteiger partial charge in [-0.25, -0.2) is 9.36 Å². The van der Waals surface area contributed by atoms with E-state index >= 15 is 0 Å². The van der Waals surface area contributed by atoms with E-state index in [4.69, 9.17) is 0 Å². The number of anilines is 1. The van der Waals surface area contributed by atoms with Crippen LogP contribution in [0.4, 0.5) is 5.69 Å². The fraction of sp³-hybridized carbons (Fsp3) is 0.308. The fourth-order valence-corrected chi connectivity index (χ4v) is 4.30. The SMILES string of the molecule is Cc1ccc(-n2ncc3c(C4CC4)nn(CC(=O)Nc4cccc(C)c4C)c(=O)c32)c(C)c1. The van der Waals surface area contributed by atoms with Crippen LogP contribution in [0.15, 0.2) is 47.4 Å². The number of carbonyl (C=O) groups is 1. The van der Waals surface area contributed by atoms with Gasteiger partial charge in [-0.15, -0.1) is 0 Å². The van der Waals surface area contributed by atoms with Crippen LogP contribution in [0, 0.1) is 27.7 Å². The molecule has 1 aliphatic carbocycles. The highest BCUT2D eigenvalue weighted by molar-refractivity contribution is 5.91. The molecule has 1 aliphatic rings. The van der Waals surface area contributed by atoms with Gasteiger partial charge in [0, 0.05) is 17.0 Å². The highest BCUT2D eigenvalue weighted by atomic mass is 16.2. The van der Waals surface area contributed by atoms with E-state index in [0.717, 1.165) is 57.6 Å². The number of hydrogen-bond acceptors (Lipinski definition) is 4. The zero-order chi connectivity index (χ0) is 23.3. The lowest BCUT2D eigenvalue weighted by atomic mass is 10.1. The number of nitrogens with zero attached hydrogens (tertiary/aromatic N) is 4. The van der Waals surface area contributed by atoms with Gasteiger partial charge in [0.25, 0.3) is 5.56 Å². The number of aryl methyl sites for hydroxylation is 3. The molecular weight excluding hydrogens is 414 g/mol. The third-order valence-corrected chi connectivity index (χ3v) is 6.43. The summed E-state index contributed by atoms with van der Waals surface area (Å²) in [4.78, 5) is 26.4. The highest BCUT2D eigenvalue weighted by Crippen LogP contribution is 2.41. The lowest BCUT2D eigenvalue weighted by molar-refractivity contribution is -0.117. The third-order valence-electron chi connectivity index (χ3n) is 6.43. The summed E-state index contributed by atoms with van der Waals surface area (Å²) in [6, 6.07) is 11.8. The molecule has 1 fully saturated rings. The minimum atomic E-state index is -0.317. The maximum atomic E-state index is 13.5. The van der Waals surface area contributed by atoms with E-state index in [1.165, 1.54) is 4.68 Å². The number of carbonyl (C=O) groups excluding carboxylic acids is 1. The minimum absolute atomic E-state index is 0.153. The van der Waals surface area contributed by atoms with Crippen molar-refractivity contribution in [1.82, 2.24) is 19.6 Å². The molecule has 33 heavy (non-hydrogen) atoms. The molecule has 2 aromatic heterocycles. The Morgan fingerprint density at radius 1 is 1.09 bits per heavy atom. The second-order valence-electron chi connectivity index (χ2n) is 9.03. The molecule has 0 radical (unpaired) electrons. The molecule has 1 saturated carbocycles. The van der Waals surface area contributed by atoms with Crippen molar-refractivity contribution >= 4 is 22.5 Å². The van der Waals surface area contributed by atoms with E-state index < -0.39 is 0 Å². The van der Waals surface area contributed by atoms with Gasteiger partial charge in [0.05, 0.1) is 17.6 Å². The largest absolute Gasteiger partial charge is 0.324 e. The molecule has 7 nitrogen and oxygen atoms in total. The summed E-state index contributed by atoms with van der Waals surface area (Å²) in [6.45, 7) is 7.86. The van der Waals surface area contributed by atoms with Crippen LogP contribution in [0.5, 0.6) is 0 Å². The van der Waals surface area contributed by atoms with Gasteiger partial charge >= 0.3 is 0 Å². The number of hydrogen-bond donors (Lipinski definition) is 1. The zero-order valence-corrected chi connectivity index (χ0v) is 19.3. The monoisotopic (exact) mass is 441 g/mol. The molecule has 0 saturated heterocycles. The maximum Gasteiger partial charge on any atom is 0.293 e. The molecule has 1 N–H and O–H groups in total. The van der Waals surface area contributed by atoms with Crippen LogP contribution < -0.4 is 10.9 Å². The Morgan fingerprint density at radius 2 is 1.88 bits per heavy atom. The van der Waals surface area contributed by atoms with E-state index in [-0.39, 0.29) is 18.0 Å². The number of amides is 1. The van der Waals surface area contributed by atoms with Gasteiger partial charge in [-0.1, -0.05) is 29.8 Å². The molecule has 0 unspecified atom stereocenters. The lowest BCUT2D eigenvalue weighted by Gasteiger charge is -2.13. The van der Waals surface area contributed by atoms with E-state index in [2.05, 4.69) is 21.6 Å². The van der Waals surface area contributed by atoms with Crippen LogP contribution in [0.3, 0.4) is 0 Å². The van der Waals surface area contributed by atoms with Crippen LogP contribution in [0.1, 0.15) is 46.7 Å². The van der Waals surface area contributed by atoms with Crippen molar-refractivity contribution < 1.29 is 4.79 Å². The highest BCUT2D eigenvalue weighted by Gasteiger charge is 2.30. The maximum absolute atomic E-state index is 13.5. The van der Waals surface area contributed by atoms with Gasteiger partial charge in [0.2, 0.25) is 5.91 Å². The van der Waals surface area contributed by atoms with Crippen LogP contribution >= 0.6 is 0 Å². The summed E-state index contributed by atoms with van der Waals surface area (Å²) in [6.07, 6.45) is 3.80. The number of nitrogens with one attached hydrogen (secondary N) is 1. The van der Waals surface area contributed by atoms with Gasteiger partial charge in [0.15, 0.2) is 0 Å². The first-order valence-corrected chi connectivity index (χ1v) is 11.3. The summed E-state index contributed by atoms with van der Waals surface area (Å²) in [5.41, 5.74) is 6.88. The number of fused-ring (bicyclic) bond motifs is 1. The second-order valence-corrected chi connectivity index (χ2v) is 9.03. The van der Waals surface area contributed by atoms with E-state index in [0.29, 0.717) is 11.4 Å². The molecule has 0 bridgehead atoms. The number of benzene rings is 2. The summed E-state index contributed by atoms with van der Waals surface area (Å²) in [7, 11) is 0. The summed E-state index contributed by atoms with van der Waals surface area (Å²) in [5, 5.41) is 12.9. The van der Waals surface area contributed by atoms with Crippen LogP contribution in [0.2, 0.25) is 0 Å². The normalized spacial score (nSPS) is 13.5. The smallest absolute Gasteiger partial charge is 0.293 e. The molecule has 168 valence electrons. The van der Waals surface area contributed by atoms with Gasteiger partial charge in [-0.05, 0) is 69.4 Å². The first-order chi connectivity index (χ1) is 15.8. The van der Waals surface area contributed by atoms with Crippen molar-refractivity contribution in [2.45, 2.75) is 53.0 Å². The quantitative estimate of drug-likeness (QED) is 0.500. The summed E-state index contributed by atoms with van der Waals surface area (Å²) in [5.74, 6) is 0.0233. The predicted octanol–water partition coefficient (Wildman–Crippen LogP) is 4.33. The molecule has 2 heterocycles. The Morgan fingerprint density at radius 3 is 2.61 bits per heavy atom. The molecule has 0 atom stereocenters. The molecule has 0 spiro atoms. The van der Waals surface area contributed by atoms with Gasteiger partial charge in [-0.2, -0.15) is 10.2 Å². The van der Waals surface area contributed by atoms with Crippen molar-refractivity contribution in [3.05, 3.63) is 80.9 Å². The van der Waals surface area contributed by atoms with Crippen molar-refractivity contribution in [2.75, 3.05) is 5.32 Å². The van der Waals surface area contributed by atoms with E-state index in [1.54, 1.807) is 10.9 Å². The van der Waals surface area contributed by atoms with E-state index in [9.17, 15) is 9.59 Å². The second kappa shape index (κ2) is 7.99. The lowest BCUT2D eigenvalue weighted by Crippen LogP contribution is -2.31. The van der Waals surface area contributed by atoms with Crippen molar-refractivity contribution in [3.8, 4) is 5.69 Å². The topological polar surface area (TPSA) is 81.8 Å². The summed E-state index contributed by atoms with van der Waals surface area (Å²) >= 11 is 0. The van der Waals surface area contributed by atoms with Gasteiger partial charge < -0.3 is 5.32 Å². The molecule has 4 aromatic rings. The Bertz CT molecular complexity index is 1460. The Labute approximate surface area is 192 Å². The fourth-order valence-electron chi connectivity index (χ4n) is 4.30. The average Bonchev–Trinajstić information content (AvgIpc) is 3.52. The predicted molar refractivity (Wildman–Crippen MR) is 129 cm³/mol. The summed E-state index contributed by atoms with van der Waals surface area (Å²) < 4.78 is 2.98. The standard InChI is InChI=1S/C26H27N5O2/c1-15-8-11-22(17(3)12-15)31-25-20(13-27-31)24(19-9-10-19)29-30(26(25)33)14-23(32)28-21-7-5-6-16(2)18(21)4/h5-8,11-13,19H,9-10,14H2,1-4H3,(H,28,32). The average molecular weight is 442 g/mol. The van der Waals surface area contributed by atoms with Gasteiger partial charge in [0.1, 0.15) is 12.1 Å². The van der Waals surface area contributed by atoms with Gasteiger partial charge in [-0.3, -0.25) is 9.59 Å². The zero-order valence-electron chi connectivity index (χ0n) is 19.3. The Balaban J connectivity index is 1.58. The molecular formula is C26H27N5O2. The molecule has 0 aliphatic heterocycles. The molecule has 1 amide bonds. The number of aromatic nitrogens is 4. The molecule has 7 heteroatoms. The van der Waals surface area contributed by atoms with Crippen LogP contribution in [-0.4, -0.2) is 25.5 Å². The first-order valence-electron chi connectivity index (χ1n) is 11.3. The number of rotatable bonds is 5. The van der Waals surface area contributed by atoms with Crippen molar-refractivity contribution in [1.29, 1.82) is 0 Å². The van der Waals surface area contributed by atoms with Crippen molar-refractivity contribution in [3.63, 3.8) is 0 Å². The third kappa shape index (κ3) is 3.84. The van der Waals surface area contributed by atoms with Crippen molar-refractivity contribution in [2.24, 2.45) is 0 Å². The van der Waals surface area contributed by atoms with Crippen LogP contribution in [0.25, 0.3) is 16.6 Å². The Kier molecular flexibility index (Phi) is 5.12. The van der Waals surface area contributed by atoms with Crippen LogP contribution in [-0.2, 0) is 11.3 Å². The Hall–Kier alpha value is -3.74. The molecule has 2 aromatic carbocycles. The first kappa shape index (κ1) is 21.1. The van der Waals surface area contributed by atoms with E-state index in [1.807, 2.05) is 58.0 Å². The minimum Gasteiger partial charge on any atom is -0.324 e.